The Hall–Kier alpha value is -4.29. The zero-order valence-electron chi connectivity index (χ0n) is 25.9. The molecule has 13 heteroatoms. The predicted molar refractivity (Wildman–Crippen MR) is 180 cm³/mol. The van der Waals surface area contributed by atoms with Gasteiger partial charge in [0.15, 0.2) is 23.0 Å². The number of piperazine rings is 1. The summed E-state index contributed by atoms with van der Waals surface area (Å²) in [5, 5.41) is 6.45. The molecule has 1 aromatic heterocycles. The quantitative estimate of drug-likeness (QED) is 0.151. The summed E-state index contributed by atoms with van der Waals surface area (Å²) in [5.41, 5.74) is 0.949. The lowest BCUT2D eigenvalue weighted by Crippen LogP contribution is -2.44. The number of hydrogen-bond donors (Lipinski definition) is 2. The molecule has 0 spiro atoms. The van der Waals surface area contributed by atoms with E-state index in [1.807, 2.05) is 12.1 Å². The minimum Gasteiger partial charge on any atom is -0.493 e. The number of nitrogens with one attached hydrogen (secondary N) is 2. The van der Waals surface area contributed by atoms with Gasteiger partial charge in [0.2, 0.25) is 11.8 Å². The highest BCUT2D eigenvalue weighted by Gasteiger charge is 2.21. The second-order valence-corrected chi connectivity index (χ2v) is 11.4. The molecule has 1 fully saturated rings. The number of hydrogen-bond acceptors (Lipinski definition) is 10. The summed E-state index contributed by atoms with van der Waals surface area (Å²) in [6.07, 6.45) is 2.27. The lowest BCUT2D eigenvalue weighted by atomic mass is 10.2. The van der Waals surface area contributed by atoms with Crippen LogP contribution in [-0.4, -0.2) is 86.3 Å². The van der Waals surface area contributed by atoms with Crippen LogP contribution in [0.1, 0.15) is 16.8 Å². The topological polar surface area (TPSA) is 110 Å². The number of methoxy groups -OCH3 is 2. The number of carbonyl (C=O) groups excluding carboxylic acids is 1. The second kappa shape index (κ2) is 15.8. The van der Waals surface area contributed by atoms with E-state index in [-0.39, 0.29) is 33.1 Å². The summed E-state index contributed by atoms with van der Waals surface area (Å²) in [5.74, 6) is 1.60. The van der Waals surface area contributed by atoms with Gasteiger partial charge in [0.1, 0.15) is 5.56 Å². The SMILES string of the molecule is COc1cc(Nc2ncc(C(=O)Nc3c(Cl)cccc3Cl)c(Oc3ccccc3OC)n2)ccc1OCCCN1CCN(C)CC1. The fourth-order valence-electron chi connectivity index (χ4n) is 4.80. The van der Waals surface area contributed by atoms with Crippen molar-refractivity contribution in [1.82, 2.24) is 19.8 Å². The molecule has 0 aliphatic carbocycles. The summed E-state index contributed by atoms with van der Waals surface area (Å²) in [6.45, 7) is 5.91. The molecule has 1 saturated heterocycles. The Morgan fingerprint density at radius 3 is 2.33 bits per heavy atom. The van der Waals surface area contributed by atoms with E-state index < -0.39 is 5.91 Å². The van der Waals surface area contributed by atoms with Crippen LogP contribution in [0.15, 0.2) is 66.9 Å². The number of nitrogens with zero attached hydrogens (tertiary/aromatic N) is 4. The number of rotatable bonds is 13. The number of amides is 1. The number of carbonyl (C=O) groups is 1. The Morgan fingerprint density at radius 2 is 1.61 bits per heavy atom. The first-order valence-electron chi connectivity index (χ1n) is 14.8. The molecule has 1 amide bonds. The summed E-state index contributed by atoms with van der Waals surface area (Å²) < 4.78 is 23.2. The highest BCUT2D eigenvalue weighted by Crippen LogP contribution is 2.35. The number of para-hydroxylation sites is 3. The largest absolute Gasteiger partial charge is 0.493 e. The van der Waals surface area contributed by atoms with Crippen molar-refractivity contribution >= 4 is 46.4 Å². The Morgan fingerprint density at radius 1 is 0.891 bits per heavy atom. The van der Waals surface area contributed by atoms with Gasteiger partial charge in [0.05, 0.1) is 36.6 Å². The van der Waals surface area contributed by atoms with E-state index in [1.165, 1.54) is 13.3 Å². The lowest BCUT2D eigenvalue weighted by Gasteiger charge is -2.32. The molecule has 1 aliphatic heterocycles. The van der Waals surface area contributed by atoms with Gasteiger partial charge in [0.25, 0.3) is 5.91 Å². The standard InChI is InChI=1S/C33H36Cl2N6O5/c1-40-15-17-41(18-16-40)14-7-19-45-27-13-12-22(20-29(27)44-3)37-33-36-21-23(31(42)38-30-24(34)8-6-9-25(30)35)32(39-33)46-28-11-5-4-10-26(28)43-2/h4-6,8-13,20-21H,7,14-19H2,1-3H3,(H,38,42)(H,36,37,39). The van der Waals surface area contributed by atoms with Crippen molar-refractivity contribution in [2.24, 2.45) is 0 Å². The number of benzene rings is 3. The van der Waals surface area contributed by atoms with Crippen molar-refractivity contribution in [1.29, 1.82) is 0 Å². The molecular formula is C33H36Cl2N6O5. The third kappa shape index (κ3) is 8.49. The maximum atomic E-state index is 13.4. The second-order valence-electron chi connectivity index (χ2n) is 10.6. The minimum atomic E-state index is -0.567. The van der Waals surface area contributed by atoms with Gasteiger partial charge in [-0.3, -0.25) is 4.79 Å². The average Bonchev–Trinajstić information content (AvgIpc) is 3.06. The van der Waals surface area contributed by atoms with E-state index in [9.17, 15) is 4.79 Å². The molecule has 3 aromatic carbocycles. The summed E-state index contributed by atoms with van der Waals surface area (Å²) in [7, 11) is 5.27. The predicted octanol–water partition coefficient (Wildman–Crippen LogP) is 6.61. The van der Waals surface area contributed by atoms with Crippen molar-refractivity contribution in [2.75, 3.05) is 71.2 Å². The monoisotopic (exact) mass is 666 g/mol. The van der Waals surface area contributed by atoms with Crippen molar-refractivity contribution in [3.63, 3.8) is 0 Å². The van der Waals surface area contributed by atoms with E-state index in [0.29, 0.717) is 35.3 Å². The summed E-state index contributed by atoms with van der Waals surface area (Å²) in [6, 6.07) is 17.4. The van der Waals surface area contributed by atoms with Gasteiger partial charge < -0.3 is 39.4 Å². The fourth-order valence-corrected chi connectivity index (χ4v) is 5.29. The third-order valence-electron chi connectivity index (χ3n) is 7.37. The molecule has 11 nitrogen and oxygen atoms in total. The van der Waals surface area contributed by atoms with E-state index >= 15 is 0 Å². The van der Waals surface area contributed by atoms with Crippen LogP contribution in [0.2, 0.25) is 10.0 Å². The molecule has 2 N–H and O–H groups in total. The number of halogens is 2. The lowest BCUT2D eigenvalue weighted by molar-refractivity contribution is 0.102. The third-order valence-corrected chi connectivity index (χ3v) is 8.00. The zero-order chi connectivity index (χ0) is 32.5. The molecule has 0 unspecified atom stereocenters. The molecule has 5 rings (SSSR count). The van der Waals surface area contributed by atoms with Crippen LogP contribution in [0.5, 0.6) is 28.9 Å². The van der Waals surface area contributed by atoms with Crippen LogP contribution < -0.4 is 29.6 Å². The average molecular weight is 668 g/mol. The van der Waals surface area contributed by atoms with Crippen LogP contribution >= 0.6 is 23.2 Å². The molecule has 4 aromatic rings. The molecule has 0 radical (unpaired) electrons. The number of aromatic nitrogens is 2. The number of anilines is 3. The molecule has 242 valence electrons. The van der Waals surface area contributed by atoms with Crippen LogP contribution in [0, 0.1) is 0 Å². The Balaban J connectivity index is 1.32. The molecular weight excluding hydrogens is 631 g/mol. The Labute approximate surface area is 278 Å². The van der Waals surface area contributed by atoms with Crippen LogP contribution in [-0.2, 0) is 0 Å². The molecule has 0 atom stereocenters. The van der Waals surface area contributed by atoms with Gasteiger partial charge in [-0.2, -0.15) is 4.98 Å². The van der Waals surface area contributed by atoms with Crippen LogP contribution in [0.25, 0.3) is 0 Å². The van der Waals surface area contributed by atoms with Gasteiger partial charge in [0, 0.05) is 50.7 Å². The van der Waals surface area contributed by atoms with E-state index in [0.717, 1.165) is 39.1 Å². The van der Waals surface area contributed by atoms with Crippen LogP contribution in [0.3, 0.4) is 0 Å². The molecule has 0 bridgehead atoms. The first-order valence-corrected chi connectivity index (χ1v) is 15.5. The molecule has 46 heavy (non-hydrogen) atoms. The summed E-state index contributed by atoms with van der Waals surface area (Å²) in [4.78, 5) is 27.1. The van der Waals surface area contributed by atoms with Gasteiger partial charge >= 0.3 is 0 Å². The van der Waals surface area contributed by atoms with Crippen LogP contribution in [0.4, 0.5) is 17.3 Å². The molecule has 0 saturated carbocycles. The number of ether oxygens (including phenoxy) is 4. The van der Waals surface area contributed by atoms with E-state index in [1.54, 1.807) is 55.6 Å². The Kier molecular flexibility index (Phi) is 11.4. The maximum absolute atomic E-state index is 13.4. The van der Waals surface area contributed by atoms with Crippen molar-refractivity contribution in [3.8, 4) is 28.9 Å². The number of likely N-dealkylation sites (N-methyl/N-ethyl adjacent to an activating group) is 1. The van der Waals surface area contributed by atoms with Gasteiger partial charge in [-0.1, -0.05) is 41.4 Å². The van der Waals surface area contributed by atoms with Gasteiger partial charge in [-0.05, 0) is 49.9 Å². The Bertz CT molecular complexity index is 1630. The van der Waals surface area contributed by atoms with Crippen molar-refractivity contribution in [2.45, 2.75) is 6.42 Å². The smallest absolute Gasteiger partial charge is 0.262 e. The highest BCUT2D eigenvalue weighted by atomic mass is 35.5. The van der Waals surface area contributed by atoms with Gasteiger partial charge in [-0.25, -0.2) is 4.98 Å². The van der Waals surface area contributed by atoms with E-state index in [2.05, 4.69) is 37.4 Å². The first-order chi connectivity index (χ1) is 22.3. The minimum absolute atomic E-state index is 0.0186. The fraction of sp³-hybridized carbons (Fsp3) is 0.303. The normalized spacial score (nSPS) is 13.6. The zero-order valence-corrected chi connectivity index (χ0v) is 27.4. The highest BCUT2D eigenvalue weighted by molar-refractivity contribution is 6.40. The maximum Gasteiger partial charge on any atom is 0.262 e. The summed E-state index contributed by atoms with van der Waals surface area (Å²) >= 11 is 12.6. The van der Waals surface area contributed by atoms with Crippen molar-refractivity contribution < 1.29 is 23.7 Å². The molecule has 2 heterocycles. The molecule has 1 aliphatic rings. The van der Waals surface area contributed by atoms with Gasteiger partial charge in [-0.15, -0.1) is 0 Å². The van der Waals surface area contributed by atoms with E-state index in [4.69, 9.17) is 42.1 Å². The van der Waals surface area contributed by atoms with Crippen molar-refractivity contribution in [3.05, 3.63) is 82.5 Å². The first kappa shape index (κ1) is 33.1.